The molecule has 12 nitrogen and oxygen atoms in total. The van der Waals surface area contributed by atoms with Crippen LogP contribution in [0, 0.1) is 5.82 Å². The Bertz CT molecular complexity index is 1580. The van der Waals surface area contributed by atoms with Gasteiger partial charge in [0.05, 0.1) is 18.0 Å². The van der Waals surface area contributed by atoms with Crippen LogP contribution in [0.15, 0.2) is 61.2 Å². The largest absolute Gasteiger partial charge is 0.478 e. The summed E-state index contributed by atoms with van der Waals surface area (Å²) in [5.74, 6) is -1.56. The molecule has 2 amide bonds. The molecule has 0 bridgehead atoms. The molecule has 0 spiro atoms. The molecule has 2 aromatic heterocycles. The highest BCUT2D eigenvalue weighted by Gasteiger charge is 2.53. The lowest BCUT2D eigenvalue weighted by atomic mass is 9.98. The molecule has 4 heterocycles. The molecule has 212 valence electrons. The zero-order chi connectivity index (χ0) is 28.5. The number of benzene rings is 2. The number of ether oxygens (including phenoxy) is 3. The minimum Gasteiger partial charge on any atom is -0.478 e. The molecule has 2 aliphatic rings. The maximum atomic E-state index is 14.7. The predicted octanol–water partition coefficient (Wildman–Crippen LogP) is 3.82. The number of carbonyl (C=O) groups is 2. The van der Waals surface area contributed by atoms with Crippen molar-refractivity contribution in [1.82, 2.24) is 24.8 Å². The fraction of sp³-hybridized carbons (Fsp3) is 0.321. The molecule has 2 aliphatic heterocycles. The first kappa shape index (κ1) is 26.7. The Balaban J connectivity index is 1.31. The zero-order valence-electron chi connectivity index (χ0n) is 21.9. The maximum Gasteiger partial charge on any atom is 0.336 e. The molecule has 0 aliphatic carbocycles. The highest BCUT2D eigenvalue weighted by Crippen LogP contribution is 2.46. The van der Waals surface area contributed by atoms with Crippen molar-refractivity contribution in [1.29, 1.82) is 0 Å². The number of carboxylic acids is 1. The number of imidazole rings is 1. The van der Waals surface area contributed by atoms with Crippen molar-refractivity contribution in [3.63, 3.8) is 0 Å². The number of anilines is 1. The molecule has 5 atom stereocenters. The van der Waals surface area contributed by atoms with Crippen LogP contribution in [0.1, 0.15) is 47.3 Å². The lowest BCUT2D eigenvalue weighted by molar-refractivity contribution is -0.148. The minimum absolute atomic E-state index is 0.0914. The number of carbonyl (C=O) groups excluding carboxylic acids is 1. The number of rotatable bonds is 8. The van der Waals surface area contributed by atoms with Crippen LogP contribution in [0.5, 0.6) is 0 Å². The maximum absolute atomic E-state index is 14.7. The molecular formula is C28H27FN6O6. The summed E-state index contributed by atoms with van der Waals surface area (Å²) < 4.78 is 35.5. The van der Waals surface area contributed by atoms with E-state index in [0.29, 0.717) is 17.7 Å². The molecule has 41 heavy (non-hydrogen) atoms. The second kappa shape index (κ2) is 11.2. The van der Waals surface area contributed by atoms with Gasteiger partial charge in [-0.15, -0.1) is 0 Å². The predicted molar refractivity (Wildman–Crippen MR) is 143 cm³/mol. The molecule has 0 saturated carbocycles. The fourth-order valence-electron chi connectivity index (χ4n) is 5.30. The van der Waals surface area contributed by atoms with Gasteiger partial charge >= 0.3 is 12.0 Å². The van der Waals surface area contributed by atoms with Crippen LogP contribution in [0.4, 0.5) is 15.0 Å². The average molecular weight is 563 g/mol. The van der Waals surface area contributed by atoms with Gasteiger partial charge < -0.3 is 24.6 Å². The van der Waals surface area contributed by atoms with Crippen molar-refractivity contribution < 1.29 is 33.3 Å². The third kappa shape index (κ3) is 5.10. The molecule has 0 radical (unpaired) electrons. The Morgan fingerprint density at radius 2 is 1.83 bits per heavy atom. The second-order valence-electron chi connectivity index (χ2n) is 9.65. The quantitative estimate of drug-likeness (QED) is 0.291. The van der Waals surface area contributed by atoms with Crippen LogP contribution in [-0.2, 0) is 20.6 Å². The Labute approximate surface area is 233 Å². The van der Waals surface area contributed by atoms with Gasteiger partial charge in [0, 0.05) is 17.7 Å². The van der Waals surface area contributed by atoms with Gasteiger partial charge in [-0.25, -0.2) is 28.9 Å². The van der Waals surface area contributed by atoms with Crippen molar-refractivity contribution in [2.75, 3.05) is 11.9 Å². The third-order valence-electron chi connectivity index (χ3n) is 7.15. The van der Waals surface area contributed by atoms with Gasteiger partial charge in [-0.3, -0.25) is 9.88 Å². The number of nitrogens with zero attached hydrogens (tertiary/aromatic N) is 4. The summed E-state index contributed by atoms with van der Waals surface area (Å²) in [6.45, 7) is 2.24. The summed E-state index contributed by atoms with van der Waals surface area (Å²) in [5.41, 5.74) is 1.60. The smallest absolute Gasteiger partial charge is 0.336 e. The van der Waals surface area contributed by atoms with Gasteiger partial charge in [0.1, 0.15) is 24.4 Å². The molecule has 2 aromatic carbocycles. The van der Waals surface area contributed by atoms with Gasteiger partial charge in [0.15, 0.2) is 29.5 Å². The minimum atomic E-state index is -1.20. The molecule has 2 saturated heterocycles. The van der Waals surface area contributed by atoms with Crippen LogP contribution >= 0.6 is 0 Å². The van der Waals surface area contributed by atoms with E-state index in [1.165, 1.54) is 30.9 Å². The number of aromatic nitrogens is 4. The summed E-state index contributed by atoms with van der Waals surface area (Å²) in [6, 6.07) is 13.0. The molecule has 3 unspecified atom stereocenters. The van der Waals surface area contributed by atoms with E-state index in [-0.39, 0.29) is 29.8 Å². The normalized spacial score (nSPS) is 23.4. The van der Waals surface area contributed by atoms with Crippen LogP contribution < -0.4 is 10.6 Å². The number of urea groups is 1. The highest BCUT2D eigenvalue weighted by molar-refractivity contribution is 5.95. The van der Waals surface area contributed by atoms with E-state index >= 15 is 0 Å². The first-order chi connectivity index (χ1) is 19.9. The first-order valence-corrected chi connectivity index (χ1v) is 13.2. The summed E-state index contributed by atoms with van der Waals surface area (Å²) in [7, 11) is 0. The number of hydrogen-bond acceptors (Lipinski definition) is 8. The number of fused-ring (bicyclic) bond motifs is 2. The van der Waals surface area contributed by atoms with E-state index in [4.69, 9.17) is 14.2 Å². The Kier molecular flexibility index (Phi) is 7.30. The van der Waals surface area contributed by atoms with Crippen LogP contribution in [0.25, 0.3) is 11.2 Å². The van der Waals surface area contributed by atoms with E-state index in [2.05, 4.69) is 25.6 Å². The van der Waals surface area contributed by atoms with Gasteiger partial charge in [-0.1, -0.05) is 36.4 Å². The number of carboxylic acid groups (broad SMARTS) is 1. The molecule has 6 rings (SSSR count). The van der Waals surface area contributed by atoms with Gasteiger partial charge in [0.25, 0.3) is 0 Å². The van der Waals surface area contributed by atoms with Crippen LogP contribution in [0.2, 0.25) is 0 Å². The Hall–Kier alpha value is -4.46. The van der Waals surface area contributed by atoms with Gasteiger partial charge in [0.2, 0.25) is 0 Å². The molecule has 13 heteroatoms. The van der Waals surface area contributed by atoms with E-state index in [9.17, 15) is 19.1 Å². The molecule has 2 fully saturated rings. The topological polar surface area (TPSA) is 150 Å². The monoisotopic (exact) mass is 562 g/mol. The van der Waals surface area contributed by atoms with Gasteiger partial charge in [-0.05, 0) is 31.9 Å². The molecule has 3 N–H and O–H groups in total. The summed E-state index contributed by atoms with van der Waals surface area (Å²) in [4.78, 5) is 36.8. The summed E-state index contributed by atoms with van der Waals surface area (Å²) in [5, 5.41) is 14.9. The van der Waals surface area contributed by atoms with Crippen molar-refractivity contribution in [2.24, 2.45) is 0 Å². The number of amides is 2. The highest BCUT2D eigenvalue weighted by atomic mass is 19.1. The summed E-state index contributed by atoms with van der Waals surface area (Å²) >= 11 is 0. The van der Waals surface area contributed by atoms with E-state index < -0.39 is 48.6 Å². The SMILES string of the molecule is CCNC(=O)Nc1ncnc2c1ncn2C1OC(CCc2c(F)cccc2C(=O)O)[C@H]2O[C@@H](c3ccccc3)OC12. The first-order valence-electron chi connectivity index (χ1n) is 13.2. The number of halogens is 1. The average Bonchev–Trinajstić information content (AvgIpc) is 3.67. The number of hydrogen-bond donors (Lipinski definition) is 3. The second-order valence-corrected chi connectivity index (χ2v) is 9.65. The van der Waals surface area contributed by atoms with E-state index in [0.717, 1.165) is 5.56 Å². The van der Waals surface area contributed by atoms with Crippen molar-refractivity contribution >= 4 is 29.0 Å². The van der Waals surface area contributed by atoms with Crippen molar-refractivity contribution in [3.05, 3.63) is 83.7 Å². The number of aromatic carboxylic acids is 1. The molecular weight excluding hydrogens is 535 g/mol. The standard InChI is InChI=1S/C28H27FN6O6/c1-2-30-28(38)34-23-20-24(32-13-31-23)35(14-33-20)25-22-21(40-27(41-22)15-7-4-3-5-8-15)19(39-25)12-11-16-17(26(36)37)9-6-10-18(16)29/h3-10,13-14,19,21-22,25,27H,2,11-12H2,1H3,(H,36,37)(H2,30,31,32,34,38)/t19?,21-,22?,25?,27-/m1/s1. The lowest BCUT2D eigenvalue weighted by Crippen LogP contribution is -2.29. The lowest BCUT2D eigenvalue weighted by Gasteiger charge is -2.21. The van der Waals surface area contributed by atoms with Crippen molar-refractivity contribution in [3.8, 4) is 0 Å². The third-order valence-corrected chi connectivity index (χ3v) is 7.15. The number of nitrogens with one attached hydrogen (secondary N) is 2. The van der Waals surface area contributed by atoms with E-state index in [1.54, 1.807) is 11.5 Å². The Morgan fingerprint density at radius 1 is 1.02 bits per heavy atom. The van der Waals surface area contributed by atoms with Crippen molar-refractivity contribution in [2.45, 2.75) is 50.6 Å². The van der Waals surface area contributed by atoms with Crippen LogP contribution in [0.3, 0.4) is 0 Å². The fourth-order valence-corrected chi connectivity index (χ4v) is 5.30. The van der Waals surface area contributed by atoms with Gasteiger partial charge in [-0.2, -0.15) is 0 Å². The summed E-state index contributed by atoms with van der Waals surface area (Å²) in [6.07, 6.45) is 0.151. The zero-order valence-corrected chi connectivity index (χ0v) is 21.9. The van der Waals surface area contributed by atoms with E-state index in [1.807, 2.05) is 30.3 Å². The molecule has 4 aromatic rings. The van der Waals surface area contributed by atoms with Crippen LogP contribution in [-0.4, -0.2) is 61.5 Å². The Morgan fingerprint density at radius 3 is 2.61 bits per heavy atom.